The topological polar surface area (TPSA) is 54.5 Å². The summed E-state index contributed by atoms with van der Waals surface area (Å²) in [7, 11) is -3.67. The fourth-order valence-electron chi connectivity index (χ4n) is 2.27. The monoisotopic (exact) mass is 309 g/mol. The molecule has 0 saturated carbocycles. The van der Waals surface area contributed by atoms with Crippen LogP contribution in [0.4, 0.5) is 0 Å². The average Bonchev–Trinajstić information content (AvgIpc) is 2.45. The molecule has 116 valence electrons. The van der Waals surface area contributed by atoms with E-state index in [0.717, 1.165) is 12.0 Å². The Balaban J connectivity index is 3.20. The number of aldehydes is 1. The largest absolute Gasteiger partial charge is 0.302 e. The molecule has 0 aliphatic rings. The van der Waals surface area contributed by atoms with Crippen LogP contribution in [0.2, 0.25) is 0 Å². The summed E-state index contributed by atoms with van der Waals surface area (Å²) in [6.45, 7) is 7.45. The van der Waals surface area contributed by atoms with Gasteiger partial charge in [0, 0.05) is 6.04 Å². The molecule has 0 N–H and O–H groups in total. The average molecular weight is 309 g/mol. The van der Waals surface area contributed by atoms with E-state index in [1.54, 1.807) is 30.3 Å². The predicted octanol–water partition coefficient (Wildman–Crippen LogP) is 2.93. The molecule has 0 bridgehead atoms. The van der Waals surface area contributed by atoms with Gasteiger partial charge in [-0.15, -0.1) is 6.58 Å². The number of benzene rings is 1. The van der Waals surface area contributed by atoms with Crippen LogP contribution < -0.4 is 0 Å². The minimum Gasteiger partial charge on any atom is -0.302 e. The van der Waals surface area contributed by atoms with Crippen molar-refractivity contribution in [3.05, 3.63) is 42.5 Å². The maximum Gasteiger partial charge on any atom is 0.243 e. The van der Waals surface area contributed by atoms with Crippen LogP contribution >= 0.6 is 0 Å². The standard InChI is InChI=1S/C16H23NO3S/c1-4-6-15(7-5-2)17(12-13-18)21(19,20)16-10-8-14(3)9-11-16/h4,8-11,13,15H,1,5-7,12H2,2-3H3. The van der Waals surface area contributed by atoms with Crippen LogP contribution in [0.15, 0.2) is 41.8 Å². The Kier molecular flexibility index (Phi) is 6.78. The highest BCUT2D eigenvalue weighted by molar-refractivity contribution is 7.89. The van der Waals surface area contributed by atoms with E-state index in [1.807, 2.05) is 13.8 Å². The van der Waals surface area contributed by atoms with Gasteiger partial charge in [-0.2, -0.15) is 4.31 Å². The van der Waals surface area contributed by atoms with E-state index >= 15 is 0 Å². The molecule has 0 spiro atoms. The van der Waals surface area contributed by atoms with Crippen LogP contribution in [0, 0.1) is 6.92 Å². The lowest BCUT2D eigenvalue weighted by Gasteiger charge is -2.28. The van der Waals surface area contributed by atoms with Crippen LogP contribution in [0.3, 0.4) is 0 Å². The van der Waals surface area contributed by atoms with Crippen molar-refractivity contribution in [1.82, 2.24) is 4.31 Å². The molecule has 5 heteroatoms. The van der Waals surface area contributed by atoms with Gasteiger partial charge in [0.2, 0.25) is 10.0 Å². The highest BCUT2D eigenvalue weighted by Crippen LogP contribution is 2.22. The van der Waals surface area contributed by atoms with Crippen LogP contribution in [0.5, 0.6) is 0 Å². The van der Waals surface area contributed by atoms with Crippen molar-refractivity contribution in [3.8, 4) is 0 Å². The number of carbonyl (C=O) groups excluding carboxylic acids is 1. The Morgan fingerprint density at radius 2 is 1.90 bits per heavy atom. The van der Waals surface area contributed by atoms with Gasteiger partial charge in [-0.25, -0.2) is 8.42 Å². The first-order valence-corrected chi connectivity index (χ1v) is 8.54. The number of hydrogen-bond acceptors (Lipinski definition) is 3. The van der Waals surface area contributed by atoms with E-state index in [-0.39, 0.29) is 17.5 Å². The summed E-state index contributed by atoms with van der Waals surface area (Å²) in [4.78, 5) is 11.2. The molecule has 1 rings (SSSR count). The van der Waals surface area contributed by atoms with E-state index in [2.05, 4.69) is 6.58 Å². The Morgan fingerprint density at radius 3 is 2.38 bits per heavy atom. The molecule has 1 unspecified atom stereocenters. The molecule has 0 heterocycles. The van der Waals surface area contributed by atoms with Gasteiger partial charge < -0.3 is 4.79 Å². The maximum absolute atomic E-state index is 12.8. The van der Waals surface area contributed by atoms with Gasteiger partial charge >= 0.3 is 0 Å². The van der Waals surface area contributed by atoms with Gasteiger partial charge in [0.25, 0.3) is 0 Å². The lowest BCUT2D eigenvalue weighted by atomic mass is 10.1. The molecule has 0 radical (unpaired) electrons. The molecule has 1 atom stereocenters. The van der Waals surface area contributed by atoms with Crippen molar-refractivity contribution in [3.63, 3.8) is 0 Å². The molecule has 0 aliphatic heterocycles. The molecule has 1 aromatic rings. The molecule has 21 heavy (non-hydrogen) atoms. The first-order valence-electron chi connectivity index (χ1n) is 7.10. The van der Waals surface area contributed by atoms with Crippen LogP contribution in [-0.4, -0.2) is 31.6 Å². The number of nitrogens with zero attached hydrogens (tertiary/aromatic N) is 1. The summed E-state index contributed by atoms with van der Waals surface area (Å²) in [6.07, 6.45) is 4.41. The molecule has 0 aliphatic carbocycles. The van der Waals surface area contributed by atoms with Gasteiger partial charge in [0.15, 0.2) is 0 Å². The second-order valence-corrected chi connectivity index (χ2v) is 6.91. The van der Waals surface area contributed by atoms with Crippen molar-refractivity contribution >= 4 is 16.3 Å². The van der Waals surface area contributed by atoms with Crippen molar-refractivity contribution in [2.75, 3.05) is 6.54 Å². The minimum atomic E-state index is -3.67. The molecule has 0 aromatic heterocycles. The van der Waals surface area contributed by atoms with Gasteiger partial charge in [-0.3, -0.25) is 0 Å². The number of sulfonamides is 1. The van der Waals surface area contributed by atoms with Crippen LogP contribution in [0.1, 0.15) is 31.7 Å². The summed E-state index contributed by atoms with van der Waals surface area (Å²) in [5.41, 5.74) is 0.993. The Hall–Kier alpha value is -1.46. The summed E-state index contributed by atoms with van der Waals surface area (Å²) >= 11 is 0. The summed E-state index contributed by atoms with van der Waals surface area (Å²) in [6, 6.07) is 6.45. The third kappa shape index (κ3) is 4.51. The van der Waals surface area contributed by atoms with Crippen molar-refractivity contribution in [2.45, 2.75) is 44.0 Å². The zero-order valence-electron chi connectivity index (χ0n) is 12.7. The second-order valence-electron chi connectivity index (χ2n) is 5.02. The van der Waals surface area contributed by atoms with Crippen LogP contribution in [-0.2, 0) is 14.8 Å². The third-order valence-electron chi connectivity index (χ3n) is 3.35. The SMILES string of the molecule is C=CCC(CCC)N(CC=O)S(=O)(=O)c1ccc(C)cc1. The van der Waals surface area contributed by atoms with E-state index in [9.17, 15) is 13.2 Å². The van der Waals surface area contributed by atoms with Crippen molar-refractivity contribution in [2.24, 2.45) is 0 Å². The van der Waals surface area contributed by atoms with E-state index in [4.69, 9.17) is 0 Å². The van der Waals surface area contributed by atoms with Gasteiger partial charge in [0.1, 0.15) is 6.29 Å². The lowest BCUT2D eigenvalue weighted by molar-refractivity contribution is -0.108. The van der Waals surface area contributed by atoms with Crippen LogP contribution in [0.25, 0.3) is 0 Å². The van der Waals surface area contributed by atoms with E-state index < -0.39 is 10.0 Å². The first kappa shape index (κ1) is 17.6. The van der Waals surface area contributed by atoms with Gasteiger partial charge in [-0.05, 0) is 31.9 Å². The fraction of sp³-hybridized carbons (Fsp3) is 0.438. The molecule has 0 fully saturated rings. The fourth-order valence-corrected chi connectivity index (χ4v) is 3.86. The Morgan fingerprint density at radius 1 is 1.29 bits per heavy atom. The third-order valence-corrected chi connectivity index (χ3v) is 5.28. The number of aryl methyl sites for hydroxylation is 1. The minimum absolute atomic E-state index is 0.130. The van der Waals surface area contributed by atoms with Crippen molar-refractivity contribution in [1.29, 1.82) is 0 Å². The predicted molar refractivity (Wildman–Crippen MR) is 84.6 cm³/mol. The highest BCUT2D eigenvalue weighted by atomic mass is 32.2. The van der Waals surface area contributed by atoms with E-state index in [1.165, 1.54) is 4.31 Å². The maximum atomic E-state index is 12.8. The summed E-state index contributed by atoms with van der Waals surface area (Å²) in [5.74, 6) is 0. The highest BCUT2D eigenvalue weighted by Gasteiger charge is 2.29. The Labute approximate surface area is 127 Å². The zero-order chi connectivity index (χ0) is 15.9. The zero-order valence-corrected chi connectivity index (χ0v) is 13.5. The Bertz CT molecular complexity index is 564. The molecular formula is C16H23NO3S. The first-order chi connectivity index (χ1) is 9.97. The number of carbonyl (C=O) groups is 1. The van der Waals surface area contributed by atoms with Gasteiger partial charge in [0.05, 0.1) is 11.4 Å². The lowest BCUT2D eigenvalue weighted by Crippen LogP contribution is -2.41. The molecule has 1 aromatic carbocycles. The van der Waals surface area contributed by atoms with E-state index in [0.29, 0.717) is 19.1 Å². The molecule has 4 nitrogen and oxygen atoms in total. The number of hydrogen-bond donors (Lipinski definition) is 0. The molecule has 0 saturated heterocycles. The smallest absolute Gasteiger partial charge is 0.243 e. The van der Waals surface area contributed by atoms with Gasteiger partial charge in [-0.1, -0.05) is 37.1 Å². The summed E-state index contributed by atoms with van der Waals surface area (Å²) < 4.78 is 26.8. The number of rotatable bonds is 9. The summed E-state index contributed by atoms with van der Waals surface area (Å²) in [5, 5.41) is 0. The normalized spacial score (nSPS) is 13.1. The second kappa shape index (κ2) is 8.10. The molecular weight excluding hydrogens is 286 g/mol. The van der Waals surface area contributed by atoms with Crippen molar-refractivity contribution < 1.29 is 13.2 Å². The molecule has 0 amide bonds. The quantitative estimate of drug-likeness (QED) is 0.520.